The van der Waals surface area contributed by atoms with Crippen LogP contribution < -0.4 is 5.32 Å². The number of rotatable bonds is 1. The van der Waals surface area contributed by atoms with Gasteiger partial charge in [0.15, 0.2) is 0 Å². The highest BCUT2D eigenvalue weighted by Crippen LogP contribution is 2.40. The molecule has 1 N–H and O–H groups in total. The zero-order valence-electron chi connectivity index (χ0n) is 7.53. The van der Waals surface area contributed by atoms with Crippen molar-refractivity contribution >= 4 is 40.5 Å². The third-order valence-corrected chi connectivity index (χ3v) is 3.02. The van der Waals surface area contributed by atoms with Gasteiger partial charge >= 0.3 is 0 Å². The third-order valence-electron chi connectivity index (χ3n) is 1.79. The zero-order valence-corrected chi connectivity index (χ0v) is 9.80. The van der Waals surface area contributed by atoms with Crippen LogP contribution >= 0.6 is 34.8 Å². The summed E-state index contributed by atoms with van der Waals surface area (Å²) in [6, 6.07) is 3.67. The smallest absolute Gasteiger partial charge is 0.103 e. The molecule has 0 aliphatic rings. The van der Waals surface area contributed by atoms with E-state index in [0.29, 0.717) is 5.69 Å². The minimum atomic E-state index is 0.0127. The monoisotopic (exact) mass is 259 g/mol. The van der Waals surface area contributed by atoms with Crippen molar-refractivity contribution in [2.45, 2.75) is 0 Å². The summed E-state index contributed by atoms with van der Waals surface area (Å²) in [4.78, 5) is 0. The molecule has 0 atom stereocenters. The summed E-state index contributed by atoms with van der Waals surface area (Å²) in [5.41, 5.74) is 0.456. The molecule has 1 aromatic rings. The van der Waals surface area contributed by atoms with Crippen molar-refractivity contribution in [2.24, 2.45) is 0 Å². The number of hydrogen-bond acceptors (Lipinski definition) is 3. The molecule has 0 saturated heterocycles. The van der Waals surface area contributed by atoms with Gasteiger partial charge in [-0.05, 0) is 0 Å². The lowest BCUT2D eigenvalue weighted by Crippen LogP contribution is -1.97. The van der Waals surface area contributed by atoms with Crippen LogP contribution in [0.15, 0.2) is 0 Å². The first-order valence-corrected chi connectivity index (χ1v) is 4.90. The quantitative estimate of drug-likeness (QED) is 0.787. The van der Waals surface area contributed by atoms with E-state index in [2.05, 4.69) is 5.32 Å². The molecule has 6 heteroatoms. The Morgan fingerprint density at radius 1 is 0.933 bits per heavy atom. The molecule has 76 valence electrons. The molecule has 3 nitrogen and oxygen atoms in total. The molecule has 0 radical (unpaired) electrons. The Hall–Kier alpha value is -1.13. The SMILES string of the molecule is CNc1c(Cl)c(Cl)c(C#N)c(Cl)c1C#N. The summed E-state index contributed by atoms with van der Waals surface area (Å²) in [6.07, 6.45) is 0. The molecule has 0 spiro atoms. The van der Waals surface area contributed by atoms with E-state index < -0.39 is 0 Å². The zero-order chi connectivity index (χ0) is 11.6. The minimum absolute atomic E-state index is 0.0127. The Kier molecular flexibility index (Phi) is 3.66. The van der Waals surface area contributed by atoms with E-state index >= 15 is 0 Å². The Bertz CT molecular complexity index is 493. The fourth-order valence-electron chi connectivity index (χ4n) is 1.10. The van der Waals surface area contributed by atoms with Crippen molar-refractivity contribution < 1.29 is 0 Å². The second kappa shape index (κ2) is 4.59. The summed E-state index contributed by atoms with van der Waals surface area (Å²) >= 11 is 17.5. The predicted molar refractivity (Wildman–Crippen MR) is 60.4 cm³/mol. The van der Waals surface area contributed by atoms with Crippen molar-refractivity contribution in [3.8, 4) is 12.1 Å². The second-order valence-corrected chi connectivity index (χ2v) is 3.67. The molecule has 0 fully saturated rings. The van der Waals surface area contributed by atoms with Crippen molar-refractivity contribution in [3.63, 3.8) is 0 Å². The van der Waals surface area contributed by atoms with Crippen LogP contribution in [-0.2, 0) is 0 Å². The Balaban J connectivity index is 3.77. The highest BCUT2D eigenvalue weighted by Gasteiger charge is 2.20. The third kappa shape index (κ3) is 1.82. The highest BCUT2D eigenvalue weighted by molar-refractivity contribution is 6.46. The van der Waals surface area contributed by atoms with Crippen molar-refractivity contribution in [3.05, 3.63) is 26.2 Å². The first-order chi connectivity index (χ1) is 7.08. The summed E-state index contributed by atoms with van der Waals surface area (Å²) in [5, 5.41) is 20.6. The first-order valence-electron chi connectivity index (χ1n) is 3.76. The molecular formula is C9H4Cl3N3. The fourth-order valence-corrected chi connectivity index (χ4v) is 1.93. The maximum Gasteiger partial charge on any atom is 0.103 e. The van der Waals surface area contributed by atoms with Crippen LogP contribution in [0.25, 0.3) is 0 Å². The normalized spacial score (nSPS) is 9.20. The van der Waals surface area contributed by atoms with E-state index in [4.69, 9.17) is 45.3 Å². The van der Waals surface area contributed by atoms with E-state index in [9.17, 15) is 0 Å². The standard InChI is InChI=1S/C9H4Cl3N3/c1-15-9-5(3-14)6(10)4(2-13)7(11)8(9)12/h15H,1H3. The van der Waals surface area contributed by atoms with Crippen LogP contribution in [0.3, 0.4) is 0 Å². The molecule has 1 rings (SSSR count). The summed E-state index contributed by atoms with van der Waals surface area (Å²) in [7, 11) is 1.58. The Labute approximate surface area is 102 Å². The lowest BCUT2D eigenvalue weighted by Gasteiger charge is -2.10. The molecule has 15 heavy (non-hydrogen) atoms. The van der Waals surface area contributed by atoms with Gasteiger partial charge in [-0.25, -0.2) is 0 Å². The number of anilines is 1. The molecule has 0 aliphatic heterocycles. The molecule has 0 bridgehead atoms. The van der Waals surface area contributed by atoms with Crippen molar-refractivity contribution in [1.82, 2.24) is 0 Å². The number of benzene rings is 1. The van der Waals surface area contributed by atoms with Gasteiger partial charge in [0.2, 0.25) is 0 Å². The van der Waals surface area contributed by atoms with E-state index in [1.165, 1.54) is 0 Å². The van der Waals surface area contributed by atoms with Gasteiger partial charge in [0.05, 0.1) is 31.9 Å². The second-order valence-electron chi connectivity index (χ2n) is 2.54. The Morgan fingerprint density at radius 3 is 1.87 bits per heavy atom. The Morgan fingerprint density at radius 2 is 1.47 bits per heavy atom. The van der Waals surface area contributed by atoms with Gasteiger partial charge in [0.25, 0.3) is 0 Å². The lowest BCUT2D eigenvalue weighted by molar-refractivity contribution is 1.41. The number of hydrogen-bond donors (Lipinski definition) is 1. The maximum atomic E-state index is 8.88. The molecule has 0 unspecified atom stereocenters. The molecule has 0 aliphatic carbocycles. The number of nitriles is 2. The van der Waals surface area contributed by atoms with Crippen LogP contribution in [0.5, 0.6) is 0 Å². The summed E-state index contributed by atoms with van der Waals surface area (Å²) in [6.45, 7) is 0. The number of nitrogens with zero attached hydrogens (tertiary/aromatic N) is 2. The average molecular weight is 261 g/mol. The van der Waals surface area contributed by atoms with Crippen LogP contribution in [0, 0.1) is 22.7 Å². The lowest BCUT2D eigenvalue weighted by atomic mass is 10.1. The largest absolute Gasteiger partial charge is 0.386 e. The fraction of sp³-hybridized carbons (Fsp3) is 0.111. The minimum Gasteiger partial charge on any atom is -0.386 e. The van der Waals surface area contributed by atoms with Crippen LogP contribution in [0.2, 0.25) is 15.1 Å². The molecule has 0 aromatic heterocycles. The van der Waals surface area contributed by atoms with Crippen LogP contribution in [0.4, 0.5) is 5.69 Å². The molecule has 0 heterocycles. The summed E-state index contributed by atoms with van der Waals surface area (Å²) < 4.78 is 0. The number of halogens is 3. The van der Waals surface area contributed by atoms with E-state index in [0.717, 1.165) is 0 Å². The molecule has 1 aromatic carbocycles. The van der Waals surface area contributed by atoms with Crippen molar-refractivity contribution in [2.75, 3.05) is 12.4 Å². The topological polar surface area (TPSA) is 59.6 Å². The van der Waals surface area contributed by atoms with Gasteiger partial charge in [-0.2, -0.15) is 10.5 Å². The molecular weight excluding hydrogens is 256 g/mol. The van der Waals surface area contributed by atoms with Gasteiger partial charge in [-0.15, -0.1) is 0 Å². The van der Waals surface area contributed by atoms with Gasteiger partial charge in [0, 0.05) is 7.05 Å². The maximum absolute atomic E-state index is 8.88. The van der Waals surface area contributed by atoms with E-state index in [-0.39, 0.29) is 26.2 Å². The van der Waals surface area contributed by atoms with Crippen LogP contribution in [0.1, 0.15) is 11.1 Å². The van der Waals surface area contributed by atoms with Gasteiger partial charge in [0.1, 0.15) is 12.1 Å². The van der Waals surface area contributed by atoms with Gasteiger partial charge in [-0.1, -0.05) is 34.8 Å². The highest BCUT2D eigenvalue weighted by atomic mass is 35.5. The van der Waals surface area contributed by atoms with Crippen molar-refractivity contribution in [1.29, 1.82) is 10.5 Å². The average Bonchev–Trinajstić information content (AvgIpc) is 2.23. The van der Waals surface area contributed by atoms with E-state index in [1.54, 1.807) is 13.1 Å². The first kappa shape index (κ1) is 11.9. The number of nitrogens with one attached hydrogen (secondary N) is 1. The molecule has 0 saturated carbocycles. The van der Waals surface area contributed by atoms with E-state index in [1.807, 2.05) is 6.07 Å². The van der Waals surface area contributed by atoms with Gasteiger partial charge < -0.3 is 5.32 Å². The van der Waals surface area contributed by atoms with Gasteiger partial charge in [-0.3, -0.25) is 0 Å². The predicted octanol–water partition coefficient (Wildman–Crippen LogP) is 3.43. The van der Waals surface area contributed by atoms with Crippen LogP contribution in [-0.4, -0.2) is 7.05 Å². The molecule has 0 amide bonds. The summed E-state index contributed by atoms with van der Waals surface area (Å²) in [5.74, 6) is 0.